The van der Waals surface area contributed by atoms with Gasteiger partial charge in [0, 0.05) is 19.8 Å². The van der Waals surface area contributed by atoms with Gasteiger partial charge in [-0.05, 0) is 10.4 Å². The minimum absolute atomic E-state index is 0.512. The summed E-state index contributed by atoms with van der Waals surface area (Å²) in [6, 6.07) is 0. The smallest absolute Gasteiger partial charge is 0.185 e. The molecule has 2 rings (SSSR count). The highest BCUT2D eigenvalue weighted by atomic mass is 15.5. The fourth-order valence-corrected chi connectivity index (χ4v) is 1.22. The van der Waals surface area contributed by atoms with E-state index in [4.69, 9.17) is 5.73 Å². The maximum absolute atomic E-state index is 5.43. The minimum atomic E-state index is 0.512. The summed E-state index contributed by atoms with van der Waals surface area (Å²) in [4.78, 5) is 0. The molecule has 0 aromatic carbocycles. The molecule has 0 spiro atoms. The van der Waals surface area contributed by atoms with Crippen molar-refractivity contribution >= 4 is 0 Å². The second-order valence-electron chi connectivity index (χ2n) is 2.92. The van der Waals surface area contributed by atoms with Gasteiger partial charge in [-0.1, -0.05) is 0 Å². The molecule has 0 atom stereocenters. The Labute approximate surface area is 80.5 Å². The third-order valence-corrected chi connectivity index (χ3v) is 1.84. The normalized spacial score (nSPS) is 10.7. The van der Waals surface area contributed by atoms with E-state index >= 15 is 0 Å². The predicted octanol–water partition coefficient (Wildman–Crippen LogP) is -0.968. The highest BCUT2D eigenvalue weighted by Crippen LogP contribution is 2.12. The lowest BCUT2D eigenvalue weighted by Crippen LogP contribution is -2.12. The Bertz CT molecular complexity index is 415. The van der Waals surface area contributed by atoms with E-state index in [0.717, 1.165) is 5.56 Å². The molecule has 0 radical (unpaired) electrons. The second-order valence-corrected chi connectivity index (χ2v) is 2.92. The molecule has 14 heavy (non-hydrogen) atoms. The van der Waals surface area contributed by atoms with E-state index in [0.29, 0.717) is 18.9 Å². The average Bonchev–Trinajstić information content (AvgIpc) is 2.74. The van der Waals surface area contributed by atoms with Gasteiger partial charge < -0.3 is 5.73 Å². The summed E-state index contributed by atoms with van der Waals surface area (Å²) in [6.45, 7) is 1.12. The Hall–Kier alpha value is -1.76. The predicted molar refractivity (Wildman–Crippen MR) is 49.1 cm³/mol. The van der Waals surface area contributed by atoms with Crippen LogP contribution in [0, 0.1) is 0 Å². The lowest BCUT2D eigenvalue weighted by Gasteiger charge is -1.98. The van der Waals surface area contributed by atoms with Gasteiger partial charge in [0.2, 0.25) is 0 Å². The van der Waals surface area contributed by atoms with Crippen molar-refractivity contribution < 1.29 is 0 Å². The summed E-state index contributed by atoms with van der Waals surface area (Å²) < 4.78 is 3.37. The van der Waals surface area contributed by atoms with Crippen molar-refractivity contribution in [3.05, 3.63) is 12.4 Å². The zero-order valence-electron chi connectivity index (χ0n) is 7.83. The molecule has 0 bridgehead atoms. The molecule has 2 N–H and O–H groups in total. The number of aryl methyl sites for hydroxylation is 1. The van der Waals surface area contributed by atoms with Crippen LogP contribution in [0.1, 0.15) is 0 Å². The first kappa shape index (κ1) is 8.82. The van der Waals surface area contributed by atoms with Crippen molar-refractivity contribution in [3.63, 3.8) is 0 Å². The van der Waals surface area contributed by atoms with Crippen molar-refractivity contribution in [2.45, 2.75) is 6.54 Å². The lowest BCUT2D eigenvalue weighted by molar-refractivity contribution is 0.603. The van der Waals surface area contributed by atoms with E-state index < -0.39 is 0 Å². The maximum atomic E-state index is 5.43. The van der Waals surface area contributed by atoms with Crippen LogP contribution in [0.2, 0.25) is 0 Å². The van der Waals surface area contributed by atoms with E-state index in [1.54, 1.807) is 15.6 Å². The van der Waals surface area contributed by atoms with Crippen molar-refractivity contribution in [2.75, 3.05) is 6.54 Å². The topological polar surface area (TPSA) is 87.4 Å². The molecule has 0 aliphatic carbocycles. The van der Waals surface area contributed by atoms with Crippen molar-refractivity contribution in [2.24, 2.45) is 12.8 Å². The van der Waals surface area contributed by atoms with Crippen molar-refractivity contribution in [3.8, 4) is 11.4 Å². The number of hydrogen-bond acceptors (Lipinski definition) is 5. The van der Waals surface area contributed by atoms with Crippen LogP contribution in [0.3, 0.4) is 0 Å². The summed E-state index contributed by atoms with van der Waals surface area (Å²) in [6.07, 6.45) is 3.58. The fourth-order valence-electron chi connectivity index (χ4n) is 1.22. The number of tetrazole rings is 1. The van der Waals surface area contributed by atoms with Crippen molar-refractivity contribution in [1.29, 1.82) is 0 Å². The van der Waals surface area contributed by atoms with Gasteiger partial charge in [0.25, 0.3) is 0 Å². The van der Waals surface area contributed by atoms with E-state index in [1.165, 1.54) is 0 Å². The van der Waals surface area contributed by atoms with Crippen LogP contribution in [-0.4, -0.2) is 36.5 Å². The summed E-state index contributed by atoms with van der Waals surface area (Å²) in [7, 11) is 1.85. The van der Waals surface area contributed by atoms with Crippen LogP contribution in [0.15, 0.2) is 12.4 Å². The fraction of sp³-hybridized carbons (Fsp3) is 0.429. The number of aromatic nitrogens is 6. The van der Waals surface area contributed by atoms with Gasteiger partial charge in [0.05, 0.1) is 18.3 Å². The molecule has 0 aliphatic heterocycles. The third kappa shape index (κ3) is 1.49. The highest BCUT2D eigenvalue weighted by Gasteiger charge is 2.09. The first-order valence-electron chi connectivity index (χ1n) is 4.26. The SMILES string of the molecule is Cn1cc(-c2nnnn2CCN)cn1. The Kier molecular flexibility index (Phi) is 2.23. The quantitative estimate of drug-likeness (QED) is 0.677. The summed E-state index contributed by atoms with van der Waals surface area (Å²) >= 11 is 0. The number of nitrogens with zero attached hydrogens (tertiary/aromatic N) is 6. The molecule has 7 nitrogen and oxygen atoms in total. The van der Waals surface area contributed by atoms with Crippen LogP contribution in [0.25, 0.3) is 11.4 Å². The van der Waals surface area contributed by atoms with Crippen LogP contribution >= 0.6 is 0 Å². The maximum Gasteiger partial charge on any atom is 0.185 e. The first-order chi connectivity index (χ1) is 6.81. The molecule has 7 heteroatoms. The van der Waals surface area contributed by atoms with Gasteiger partial charge >= 0.3 is 0 Å². The Morgan fingerprint density at radius 1 is 1.50 bits per heavy atom. The van der Waals surface area contributed by atoms with E-state index in [9.17, 15) is 0 Å². The molecule has 0 unspecified atom stereocenters. The zero-order valence-corrected chi connectivity index (χ0v) is 7.83. The van der Waals surface area contributed by atoms with Gasteiger partial charge in [-0.2, -0.15) is 5.10 Å². The van der Waals surface area contributed by atoms with Crippen LogP contribution in [0.5, 0.6) is 0 Å². The molecular formula is C7H11N7. The van der Waals surface area contributed by atoms with E-state index in [-0.39, 0.29) is 0 Å². The Morgan fingerprint density at radius 2 is 2.36 bits per heavy atom. The molecule has 74 valence electrons. The largest absolute Gasteiger partial charge is 0.329 e. The molecule has 0 saturated heterocycles. The minimum Gasteiger partial charge on any atom is -0.329 e. The first-order valence-corrected chi connectivity index (χ1v) is 4.26. The number of rotatable bonds is 3. The van der Waals surface area contributed by atoms with Crippen molar-refractivity contribution in [1.82, 2.24) is 30.0 Å². The number of nitrogens with two attached hydrogens (primary N) is 1. The molecule has 2 heterocycles. The summed E-state index contributed by atoms with van der Waals surface area (Å²) in [5.74, 6) is 0.698. The molecular weight excluding hydrogens is 182 g/mol. The summed E-state index contributed by atoms with van der Waals surface area (Å²) in [5.41, 5.74) is 6.33. The Morgan fingerprint density at radius 3 is 3.00 bits per heavy atom. The lowest BCUT2D eigenvalue weighted by atomic mass is 10.3. The van der Waals surface area contributed by atoms with Crippen LogP contribution < -0.4 is 5.73 Å². The van der Waals surface area contributed by atoms with E-state index in [1.807, 2.05) is 13.2 Å². The van der Waals surface area contributed by atoms with Gasteiger partial charge in [0.15, 0.2) is 5.82 Å². The second kappa shape index (κ2) is 3.54. The Balaban J connectivity index is 2.36. The van der Waals surface area contributed by atoms with Gasteiger partial charge in [0.1, 0.15) is 0 Å². The molecule has 0 saturated carbocycles. The number of hydrogen-bond donors (Lipinski definition) is 1. The van der Waals surface area contributed by atoms with Crippen LogP contribution in [-0.2, 0) is 13.6 Å². The molecule has 0 aliphatic rings. The molecule has 2 aromatic rings. The van der Waals surface area contributed by atoms with Gasteiger partial charge in [-0.3, -0.25) is 4.68 Å². The third-order valence-electron chi connectivity index (χ3n) is 1.84. The molecule has 2 aromatic heterocycles. The van der Waals surface area contributed by atoms with Gasteiger partial charge in [-0.25, -0.2) is 4.68 Å². The zero-order chi connectivity index (χ0) is 9.97. The van der Waals surface area contributed by atoms with E-state index in [2.05, 4.69) is 20.6 Å². The standard InChI is InChI=1S/C7H11N7/c1-13-5-6(4-9-13)7-10-11-12-14(7)3-2-8/h4-5H,2-3,8H2,1H3. The molecule has 0 fully saturated rings. The monoisotopic (exact) mass is 193 g/mol. The van der Waals surface area contributed by atoms with Gasteiger partial charge in [-0.15, -0.1) is 5.10 Å². The average molecular weight is 193 g/mol. The molecule has 0 amide bonds. The summed E-state index contributed by atoms with van der Waals surface area (Å²) in [5, 5.41) is 15.4. The van der Waals surface area contributed by atoms with Crippen LogP contribution in [0.4, 0.5) is 0 Å². The highest BCUT2D eigenvalue weighted by molar-refractivity contribution is 5.51.